The van der Waals surface area contributed by atoms with Crippen molar-refractivity contribution in [2.75, 3.05) is 26.2 Å². The van der Waals surface area contributed by atoms with Crippen LogP contribution in [0, 0.1) is 18.3 Å². The van der Waals surface area contributed by atoms with Gasteiger partial charge in [0.2, 0.25) is 5.91 Å². The van der Waals surface area contributed by atoms with E-state index >= 15 is 0 Å². The number of aldehydes is 1. The number of nitrogens with zero attached hydrogens (tertiary/aromatic N) is 2. The third-order valence-electron chi connectivity index (χ3n) is 4.57. The standard InChI is InChI=1S/C18H23BrN4O2/c1-13-16(12-24)14(4-5-17(13)19)9-21-11-18(25)22-10-15-3-2-7-23(15)8-6-20/h4-5,12,15,21H,2-3,7-11H2,1H3,(H,22,25)/t15-/m0/s1. The summed E-state index contributed by atoms with van der Waals surface area (Å²) in [5.74, 6) is -0.0784. The molecule has 0 aromatic heterocycles. The van der Waals surface area contributed by atoms with E-state index in [9.17, 15) is 9.59 Å². The first-order chi connectivity index (χ1) is 12.1. The minimum absolute atomic E-state index is 0.0784. The molecule has 2 rings (SSSR count). The summed E-state index contributed by atoms with van der Waals surface area (Å²) in [6.07, 6.45) is 2.93. The summed E-state index contributed by atoms with van der Waals surface area (Å²) in [7, 11) is 0. The second-order valence-corrected chi connectivity index (χ2v) is 7.05. The first kappa shape index (κ1) is 19.6. The Labute approximate surface area is 156 Å². The summed E-state index contributed by atoms with van der Waals surface area (Å²) in [4.78, 5) is 25.4. The molecule has 1 saturated heterocycles. The normalized spacial score (nSPS) is 17.2. The van der Waals surface area contributed by atoms with Crippen LogP contribution in [0.25, 0.3) is 0 Å². The molecule has 134 valence electrons. The largest absolute Gasteiger partial charge is 0.353 e. The molecule has 0 unspecified atom stereocenters. The smallest absolute Gasteiger partial charge is 0.234 e. The summed E-state index contributed by atoms with van der Waals surface area (Å²) in [5.41, 5.74) is 2.43. The lowest BCUT2D eigenvalue weighted by molar-refractivity contribution is -0.120. The van der Waals surface area contributed by atoms with Crippen LogP contribution in [0.1, 0.15) is 34.3 Å². The number of benzene rings is 1. The Bertz CT molecular complexity index is 672. The number of nitrogens with one attached hydrogen (secondary N) is 2. The molecule has 0 saturated carbocycles. The topological polar surface area (TPSA) is 85.2 Å². The third-order valence-corrected chi connectivity index (χ3v) is 5.42. The van der Waals surface area contributed by atoms with Crippen LogP contribution in [-0.2, 0) is 11.3 Å². The third kappa shape index (κ3) is 5.36. The van der Waals surface area contributed by atoms with Gasteiger partial charge in [0.25, 0.3) is 0 Å². The molecule has 1 atom stereocenters. The van der Waals surface area contributed by atoms with E-state index in [0.29, 0.717) is 25.2 Å². The molecule has 0 aliphatic carbocycles. The molecule has 0 bridgehead atoms. The number of nitriles is 1. The number of carbonyl (C=O) groups is 2. The van der Waals surface area contributed by atoms with E-state index in [2.05, 4.69) is 37.5 Å². The summed E-state index contributed by atoms with van der Waals surface area (Å²) in [5, 5.41) is 14.8. The fraction of sp³-hybridized carbons (Fsp3) is 0.500. The quantitative estimate of drug-likeness (QED) is 0.507. The average molecular weight is 407 g/mol. The molecule has 0 radical (unpaired) electrons. The highest BCUT2D eigenvalue weighted by molar-refractivity contribution is 9.10. The van der Waals surface area contributed by atoms with Crippen molar-refractivity contribution in [2.45, 2.75) is 32.4 Å². The maximum atomic E-state index is 12.0. The Kier molecular flexibility index (Phi) is 7.56. The van der Waals surface area contributed by atoms with Crippen molar-refractivity contribution in [1.82, 2.24) is 15.5 Å². The van der Waals surface area contributed by atoms with E-state index < -0.39 is 0 Å². The SMILES string of the molecule is Cc1c(Br)ccc(CNCC(=O)NC[C@@H]2CCCN2CC#N)c1C=O. The molecule has 7 heteroatoms. The Morgan fingerprint density at radius 2 is 2.32 bits per heavy atom. The van der Waals surface area contributed by atoms with E-state index in [4.69, 9.17) is 5.26 Å². The summed E-state index contributed by atoms with van der Waals surface area (Å²) < 4.78 is 0.898. The molecule has 1 fully saturated rings. The van der Waals surface area contributed by atoms with Crippen molar-refractivity contribution in [1.29, 1.82) is 5.26 Å². The van der Waals surface area contributed by atoms with Crippen LogP contribution >= 0.6 is 15.9 Å². The van der Waals surface area contributed by atoms with E-state index in [1.807, 2.05) is 19.1 Å². The highest BCUT2D eigenvalue weighted by Crippen LogP contribution is 2.21. The summed E-state index contributed by atoms with van der Waals surface area (Å²) in [6, 6.07) is 6.20. The second kappa shape index (κ2) is 9.66. The maximum absolute atomic E-state index is 12.0. The van der Waals surface area contributed by atoms with Crippen molar-refractivity contribution < 1.29 is 9.59 Å². The van der Waals surface area contributed by atoms with Gasteiger partial charge < -0.3 is 10.6 Å². The van der Waals surface area contributed by atoms with Crippen molar-refractivity contribution in [3.8, 4) is 6.07 Å². The van der Waals surface area contributed by atoms with Gasteiger partial charge in [-0.05, 0) is 43.5 Å². The van der Waals surface area contributed by atoms with Gasteiger partial charge in [-0.3, -0.25) is 14.5 Å². The molecule has 1 aromatic carbocycles. The Morgan fingerprint density at radius 1 is 1.52 bits per heavy atom. The lowest BCUT2D eigenvalue weighted by Crippen LogP contribution is -2.42. The van der Waals surface area contributed by atoms with Gasteiger partial charge in [-0.1, -0.05) is 22.0 Å². The maximum Gasteiger partial charge on any atom is 0.234 e. The average Bonchev–Trinajstić information content (AvgIpc) is 3.04. The number of hydrogen-bond acceptors (Lipinski definition) is 5. The zero-order chi connectivity index (χ0) is 18.2. The minimum atomic E-state index is -0.0784. The summed E-state index contributed by atoms with van der Waals surface area (Å²) >= 11 is 3.41. The highest BCUT2D eigenvalue weighted by Gasteiger charge is 2.24. The Balaban J connectivity index is 1.77. The molecule has 1 aromatic rings. The minimum Gasteiger partial charge on any atom is -0.353 e. The predicted molar refractivity (Wildman–Crippen MR) is 99.2 cm³/mol. The molecule has 1 heterocycles. The van der Waals surface area contributed by atoms with Crippen LogP contribution in [0.2, 0.25) is 0 Å². The van der Waals surface area contributed by atoms with Gasteiger partial charge in [0.1, 0.15) is 0 Å². The molecule has 25 heavy (non-hydrogen) atoms. The zero-order valence-electron chi connectivity index (χ0n) is 14.3. The first-order valence-electron chi connectivity index (χ1n) is 8.38. The van der Waals surface area contributed by atoms with Gasteiger partial charge in [0.15, 0.2) is 6.29 Å². The fourth-order valence-electron chi connectivity index (χ4n) is 3.11. The molecule has 0 spiro atoms. The fourth-order valence-corrected chi connectivity index (χ4v) is 3.45. The van der Waals surface area contributed by atoms with Gasteiger partial charge in [-0.2, -0.15) is 5.26 Å². The van der Waals surface area contributed by atoms with Crippen molar-refractivity contribution in [3.63, 3.8) is 0 Å². The number of amides is 1. The number of carbonyl (C=O) groups excluding carboxylic acids is 2. The lowest BCUT2D eigenvalue weighted by atomic mass is 10.0. The van der Waals surface area contributed by atoms with Gasteiger partial charge in [0, 0.05) is 29.2 Å². The van der Waals surface area contributed by atoms with E-state index in [1.165, 1.54) is 0 Å². The molecule has 6 nitrogen and oxygen atoms in total. The van der Waals surface area contributed by atoms with Crippen LogP contribution in [0.5, 0.6) is 0 Å². The molecular formula is C18H23BrN4O2. The molecule has 1 aliphatic heterocycles. The summed E-state index contributed by atoms with van der Waals surface area (Å²) in [6.45, 7) is 4.44. The van der Waals surface area contributed by atoms with E-state index in [1.54, 1.807) is 0 Å². The van der Waals surface area contributed by atoms with Crippen LogP contribution in [0.15, 0.2) is 16.6 Å². The van der Waals surface area contributed by atoms with Gasteiger partial charge in [-0.25, -0.2) is 0 Å². The second-order valence-electron chi connectivity index (χ2n) is 6.20. The first-order valence-corrected chi connectivity index (χ1v) is 9.17. The Morgan fingerprint density at radius 3 is 3.04 bits per heavy atom. The Hall–Kier alpha value is -1.75. The van der Waals surface area contributed by atoms with Gasteiger partial charge in [0.05, 0.1) is 19.2 Å². The predicted octanol–water partition coefficient (Wildman–Crippen LogP) is 1.76. The molecule has 2 N–H and O–H groups in total. The number of rotatable bonds is 8. The van der Waals surface area contributed by atoms with Crippen LogP contribution in [0.4, 0.5) is 0 Å². The monoisotopic (exact) mass is 406 g/mol. The van der Waals surface area contributed by atoms with E-state index in [0.717, 1.165) is 41.3 Å². The van der Waals surface area contributed by atoms with E-state index in [-0.39, 0.29) is 18.5 Å². The number of likely N-dealkylation sites (tertiary alicyclic amines) is 1. The van der Waals surface area contributed by atoms with Gasteiger partial charge in [-0.15, -0.1) is 0 Å². The molecule has 1 amide bonds. The van der Waals surface area contributed by atoms with Crippen LogP contribution in [-0.4, -0.2) is 49.3 Å². The van der Waals surface area contributed by atoms with Crippen molar-refractivity contribution >= 4 is 28.1 Å². The molecular weight excluding hydrogens is 384 g/mol. The molecule has 1 aliphatic rings. The number of hydrogen-bond donors (Lipinski definition) is 2. The van der Waals surface area contributed by atoms with Crippen LogP contribution in [0.3, 0.4) is 0 Å². The highest BCUT2D eigenvalue weighted by atomic mass is 79.9. The number of halogens is 1. The lowest BCUT2D eigenvalue weighted by Gasteiger charge is -2.21. The van der Waals surface area contributed by atoms with Crippen LogP contribution < -0.4 is 10.6 Å². The van der Waals surface area contributed by atoms with Crippen molar-refractivity contribution in [2.24, 2.45) is 0 Å². The van der Waals surface area contributed by atoms with Crippen molar-refractivity contribution in [3.05, 3.63) is 33.3 Å². The van der Waals surface area contributed by atoms with Gasteiger partial charge >= 0.3 is 0 Å². The zero-order valence-corrected chi connectivity index (χ0v) is 15.9.